The number of piperidine rings is 1. The quantitative estimate of drug-likeness (QED) is 0.790. The molecule has 2 heterocycles. The summed E-state index contributed by atoms with van der Waals surface area (Å²) in [6.45, 7) is 5.23. The van der Waals surface area contributed by atoms with Crippen molar-refractivity contribution in [1.82, 2.24) is 19.4 Å². The molecule has 1 fully saturated rings. The van der Waals surface area contributed by atoms with Gasteiger partial charge in [-0.2, -0.15) is 9.40 Å². The fourth-order valence-corrected chi connectivity index (χ4v) is 4.30. The Morgan fingerprint density at radius 2 is 2.30 bits per heavy atom. The van der Waals surface area contributed by atoms with Crippen LogP contribution in [0.4, 0.5) is 0 Å². The molecule has 0 aliphatic carbocycles. The van der Waals surface area contributed by atoms with Crippen LogP contribution in [0.15, 0.2) is 17.3 Å². The molecule has 1 atom stereocenters. The molecule has 1 unspecified atom stereocenters. The molecule has 2 rings (SSSR count). The third-order valence-corrected chi connectivity index (χ3v) is 5.66. The van der Waals surface area contributed by atoms with Crippen molar-refractivity contribution in [3.8, 4) is 0 Å². The molecule has 6 nitrogen and oxygen atoms in total. The fraction of sp³-hybridized carbons (Fsp3) is 0.769. The van der Waals surface area contributed by atoms with E-state index in [2.05, 4.69) is 17.3 Å². The number of nitrogens with zero attached hydrogens (tertiary/aromatic N) is 3. The average Bonchev–Trinajstić information content (AvgIpc) is 2.86. The number of nitrogens with one attached hydrogen (secondary N) is 1. The van der Waals surface area contributed by atoms with Gasteiger partial charge in [-0.05, 0) is 44.3 Å². The SMILES string of the molecule is CCCNCC1CCCN(S(=O)(=O)c2ccnn2C)C1. The lowest BCUT2D eigenvalue weighted by Gasteiger charge is -2.31. The summed E-state index contributed by atoms with van der Waals surface area (Å²) in [4.78, 5) is 0. The van der Waals surface area contributed by atoms with E-state index in [0.717, 1.165) is 32.4 Å². The van der Waals surface area contributed by atoms with Gasteiger partial charge in [0.05, 0.1) is 6.20 Å². The lowest BCUT2D eigenvalue weighted by atomic mass is 10.00. The van der Waals surface area contributed by atoms with Gasteiger partial charge in [0.1, 0.15) is 0 Å². The fourth-order valence-electron chi connectivity index (χ4n) is 2.64. The first-order valence-electron chi connectivity index (χ1n) is 7.24. The second-order valence-corrected chi connectivity index (χ2v) is 7.25. The zero-order valence-corrected chi connectivity index (χ0v) is 13.1. The van der Waals surface area contributed by atoms with Crippen LogP contribution >= 0.6 is 0 Å². The number of hydrogen-bond acceptors (Lipinski definition) is 4. The molecule has 114 valence electrons. The van der Waals surface area contributed by atoms with E-state index in [1.807, 2.05) is 0 Å². The van der Waals surface area contributed by atoms with Crippen LogP contribution in [0.25, 0.3) is 0 Å². The van der Waals surface area contributed by atoms with Crippen LogP contribution in [-0.4, -0.2) is 48.7 Å². The van der Waals surface area contributed by atoms with Crippen molar-refractivity contribution in [2.24, 2.45) is 13.0 Å². The van der Waals surface area contributed by atoms with Crippen LogP contribution in [0.2, 0.25) is 0 Å². The molecular weight excluding hydrogens is 276 g/mol. The van der Waals surface area contributed by atoms with Gasteiger partial charge in [-0.25, -0.2) is 8.42 Å². The molecule has 1 aliphatic rings. The largest absolute Gasteiger partial charge is 0.316 e. The Bertz CT molecular complexity index is 526. The molecule has 0 radical (unpaired) electrons. The van der Waals surface area contributed by atoms with Crippen LogP contribution in [-0.2, 0) is 17.1 Å². The van der Waals surface area contributed by atoms with Crippen LogP contribution < -0.4 is 5.32 Å². The minimum absolute atomic E-state index is 0.277. The van der Waals surface area contributed by atoms with Crippen LogP contribution in [0.5, 0.6) is 0 Å². The van der Waals surface area contributed by atoms with Gasteiger partial charge < -0.3 is 5.32 Å². The van der Waals surface area contributed by atoms with Crippen LogP contribution in [0, 0.1) is 5.92 Å². The van der Waals surface area contributed by atoms with E-state index >= 15 is 0 Å². The van der Waals surface area contributed by atoms with Gasteiger partial charge in [-0.15, -0.1) is 0 Å². The molecule has 0 amide bonds. The normalized spacial score (nSPS) is 21.2. The Labute approximate surface area is 121 Å². The van der Waals surface area contributed by atoms with E-state index in [1.54, 1.807) is 17.4 Å². The predicted octanol–water partition coefficient (Wildman–Crippen LogP) is 0.820. The smallest absolute Gasteiger partial charge is 0.260 e. The van der Waals surface area contributed by atoms with Gasteiger partial charge in [0, 0.05) is 20.1 Å². The standard InChI is InChI=1S/C13H24N4O2S/c1-3-7-14-10-12-5-4-9-17(11-12)20(18,19)13-6-8-15-16(13)2/h6,8,12,14H,3-5,7,9-11H2,1-2H3. The minimum Gasteiger partial charge on any atom is -0.316 e. The topological polar surface area (TPSA) is 67.2 Å². The first-order valence-corrected chi connectivity index (χ1v) is 8.68. The Morgan fingerprint density at radius 1 is 1.50 bits per heavy atom. The van der Waals surface area contributed by atoms with Crippen molar-refractivity contribution in [3.63, 3.8) is 0 Å². The Kier molecular flexibility index (Phi) is 5.17. The minimum atomic E-state index is -3.41. The van der Waals surface area contributed by atoms with Crippen molar-refractivity contribution in [2.45, 2.75) is 31.2 Å². The highest BCUT2D eigenvalue weighted by Gasteiger charge is 2.31. The molecule has 0 bridgehead atoms. The third kappa shape index (κ3) is 3.39. The summed E-state index contributed by atoms with van der Waals surface area (Å²) in [7, 11) is -1.74. The summed E-state index contributed by atoms with van der Waals surface area (Å²) in [6.07, 6.45) is 4.64. The highest BCUT2D eigenvalue weighted by molar-refractivity contribution is 7.89. The second-order valence-electron chi connectivity index (χ2n) is 5.37. The van der Waals surface area contributed by atoms with E-state index in [9.17, 15) is 8.42 Å². The molecule has 1 N–H and O–H groups in total. The van der Waals surface area contributed by atoms with E-state index in [4.69, 9.17) is 0 Å². The Morgan fingerprint density at radius 3 is 2.95 bits per heavy atom. The van der Waals surface area contributed by atoms with E-state index in [-0.39, 0.29) is 5.03 Å². The highest BCUT2D eigenvalue weighted by atomic mass is 32.2. The van der Waals surface area contributed by atoms with Crippen molar-refractivity contribution in [1.29, 1.82) is 0 Å². The molecule has 0 aromatic carbocycles. The Balaban J connectivity index is 2.03. The molecule has 1 aliphatic heterocycles. The molecule has 1 aromatic rings. The molecule has 1 saturated heterocycles. The zero-order valence-electron chi connectivity index (χ0n) is 12.2. The summed E-state index contributed by atoms with van der Waals surface area (Å²) in [5, 5.41) is 7.62. The van der Waals surface area contributed by atoms with E-state index in [0.29, 0.717) is 19.0 Å². The molecule has 7 heteroatoms. The summed E-state index contributed by atoms with van der Waals surface area (Å²) in [5.74, 6) is 0.401. The summed E-state index contributed by atoms with van der Waals surface area (Å²) in [6, 6.07) is 1.56. The van der Waals surface area contributed by atoms with E-state index in [1.165, 1.54) is 10.9 Å². The maximum atomic E-state index is 12.6. The lowest BCUT2D eigenvalue weighted by molar-refractivity contribution is 0.259. The molecule has 0 spiro atoms. The summed E-state index contributed by atoms with van der Waals surface area (Å²) in [5.41, 5.74) is 0. The van der Waals surface area contributed by atoms with Gasteiger partial charge in [-0.1, -0.05) is 6.92 Å². The van der Waals surface area contributed by atoms with Gasteiger partial charge >= 0.3 is 0 Å². The Hall–Kier alpha value is -0.920. The highest BCUT2D eigenvalue weighted by Crippen LogP contribution is 2.22. The number of hydrogen-bond donors (Lipinski definition) is 1. The van der Waals surface area contributed by atoms with E-state index < -0.39 is 10.0 Å². The molecular formula is C13H24N4O2S. The summed E-state index contributed by atoms with van der Waals surface area (Å²) >= 11 is 0. The number of sulfonamides is 1. The van der Waals surface area contributed by atoms with Gasteiger partial charge in [-0.3, -0.25) is 4.68 Å². The molecule has 20 heavy (non-hydrogen) atoms. The zero-order chi connectivity index (χ0) is 14.6. The maximum Gasteiger partial charge on any atom is 0.260 e. The average molecular weight is 300 g/mol. The number of aromatic nitrogens is 2. The second kappa shape index (κ2) is 6.69. The summed E-state index contributed by atoms with van der Waals surface area (Å²) < 4.78 is 28.2. The third-order valence-electron chi connectivity index (χ3n) is 3.72. The predicted molar refractivity (Wildman–Crippen MR) is 77.9 cm³/mol. The van der Waals surface area contributed by atoms with Crippen molar-refractivity contribution >= 4 is 10.0 Å². The monoisotopic (exact) mass is 300 g/mol. The number of aryl methyl sites for hydroxylation is 1. The van der Waals surface area contributed by atoms with Gasteiger partial charge in [0.15, 0.2) is 5.03 Å². The first-order chi connectivity index (χ1) is 9.55. The maximum absolute atomic E-state index is 12.6. The lowest BCUT2D eigenvalue weighted by Crippen LogP contribution is -2.43. The van der Waals surface area contributed by atoms with Gasteiger partial charge in [0.2, 0.25) is 0 Å². The van der Waals surface area contributed by atoms with Crippen molar-refractivity contribution < 1.29 is 8.42 Å². The van der Waals surface area contributed by atoms with Crippen LogP contribution in [0.3, 0.4) is 0 Å². The van der Waals surface area contributed by atoms with Crippen LogP contribution in [0.1, 0.15) is 26.2 Å². The number of rotatable bonds is 6. The first kappa shape index (κ1) is 15.5. The van der Waals surface area contributed by atoms with Crippen molar-refractivity contribution in [3.05, 3.63) is 12.3 Å². The molecule has 0 saturated carbocycles. The van der Waals surface area contributed by atoms with Crippen molar-refractivity contribution in [2.75, 3.05) is 26.2 Å². The van der Waals surface area contributed by atoms with Gasteiger partial charge in [0.25, 0.3) is 10.0 Å². The molecule has 1 aromatic heterocycles.